The summed E-state index contributed by atoms with van der Waals surface area (Å²) in [6.07, 6.45) is 4.16. The lowest BCUT2D eigenvalue weighted by molar-refractivity contribution is -0.133. The van der Waals surface area contributed by atoms with E-state index in [1.165, 1.54) is 12.1 Å². The molecule has 2 atom stereocenters. The third-order valence-electron chi connectivity index (χ3n) is 8.41. The molecule has 1 aliphatic rings. The number of rotatable bonds is 12. The lowest BCUT2D eigenvalue weighted by Gasteiger charge is -2.33. The number of esters is 1. The van der Waals surface area contributed by atoms with E-state index in [4.69, 9.17) is 14.5 Å². The average molecular weight is 600 g/mol. The van der Waals surface area contributed by atoms with Crippen molar-refractivity contribution in [1.29, 1.82) is 0 Å². The number of fused-ring (bicyclic) bond motifs is 1. The van der Waals surface area contributed by atoms with Crippen molar-refractivity contribution in [2.75, 3.05) is 33.4 Å². The van der Waals surface area contributed by atoms with Crippen LogP contribution in [0.3, 0.4) is 0 Å². The first-order chi connectivity index (χ1) is 21.4. The Bertz CT molecular complexity index is 1580. The first-order valence-corrected chi connectivity index (χ1v) is 15.7. The van der Waals surface area contributed by atoms with Crippen LogP contribution in [0.4, 0.5) is 4.39 Å². The zero-order valence-electron chi connectivity index (χ0n) is 25.9. The molecule has 1 amide bonds. The Morgan fingerprint density at radius 1 is 1.07 bits per heavy atom. The zero-order valence-corrected chi connectivity index (χ0v) is 25.9. The van der Waals surface area contributed by atoms with E-state index in [1.807, 2.05) is 35.2 Å². The molecule has 7 nitrogen and oxygen atoms in total. The largest absolute Gasteiger partial charge is 0.462 e. The van der Waals surface area contributed by atoms with Crippen LogP contribution in [0.5, 0.6) is 0 Å². The first-order valence-electron chi connectivity index (χ1n) is 15.7. The number of halogens is 1. The fourth-order valence-electron chi connectivity index (χ4n) is 6.23. The van der Waals surface area contributed by atoms with Gasteiger partial charge in [-0.1, -0.05) is 49.4 Å². The second-order valence-corrected chi connectivity index (χ2v) is 11.8. The topological polar surface area (TPSA) is 73.7 Å². The highest BCUT2D eigenvalue weighted by atomic mass is 19.1. The summed E-state index contributed by atoms with van der Waals surface area (Å²) < 4.78 is 27.1. The van der Waals surface area contributed by atoms with Gasteiger partial charge in [0.1, 0.15) is 11.6 Å². The predicted molar refractivity (Wildman–Crippen MR) is 170 cm³/mol. The van der Waals surface area contributed by atoms with Crippen LogP contribution in [0.2, 0.25) is 0 Å². The van der Waals surface area contributed by atoms with Gasteiger partial charge in [-0.2, -0.15) is 0 Å². The van der Waals surface area contributed by atoms with Crippen LogP contribution in [0.1, 0.15) is 67.2 Å². The minimum atomic E-state index is -0.659. The molecule has 0 N–H and O–H groups in total. The van der Waals surface area contributed by atoms with Gasteiger partial charge in [0, 0.05) is 45.7 Å². The molecule has 0 radical (unpaired) electrons. The number of imidazole rings is 1. The Hall–Kier alpha value is -4.04. The summed E-state index contributed by atoms with van der Waals surface area (Å²) in [5.41, 5.74) is 4.75. The summed E-state index contributed by atoms with van der Waals surface area (Å²) in [7, 11) is 1.73. The van der Waals surface area contributed by atoms with Crippen LogP contribution in [-0.2, 0) is 27.2 Å². The minimum Gasteiger partial charge on any atom is -0.462 e. The number of amides is 1. The van der Waals surface area contributed by atoms with Crippen LogP contribution in [0.25, 0.3) is 22.2 Å². The van der Waals surface area contributed by atoms with E-state index in [2.05, 4.69) is 29.7 Å². The molecule has 0 spiro atoms. The van der Waals surface area contributed by atoms with E-state index >= 15 is 0 Å². The zero-order chi connectivity index (χ0) is 31.1. The van der Waals surface area contributed by atoms with E-state index in [0.29, 0.717) is 25.1 Å². The van der Waals surface area contributed by atoms with E-state index in [-0.39, 0.29) is 29.9 Å². The summed E-state index contributed by atoms with van der Waals surface area (Å²) in [6, 6.07) is 20.8. The Kier molecular flexibility index (Phi) is 10.4. The number of nitrogens with zero attached hydrogens (tertiary/aromatic N) is 3. The van der Waals surface area contributed by atoms with Gasteiger partial charge in [0.25, 0.3) is 0 Å². The van der Waals surface area contributed by atoms with Crippen molar-refractivity contribution in [1.82, 2.24) is 14.5 Å². The van der Waals surface area contributed by atoms with E-state index in [9.17, 15) is 14.0 Å². The third kappa shape index (κ3) is 7.36. The molecule has 232 valence electrons. The van der Waals surface area contributed by atoms with Gasteiger partial charge in [-0.15, -0.1) is 0 Å². The number of para-hydroxylation sites is 2. The Balaban J connectivity index is 1.19. The quantitative estimate of drug-likeness (QED) is 0.129. The Morgan fingerprint density at radius 3 is 2.59 bits per heavy atom. The maximum Gasteiger partial charge on any atom is 0.341 e. The molecule has 0 unspecified atom stereocenters. The number of methoxy groups -OCH3 is 1. The van der Waals surface area contributed by atoms with Crippen LogP contribution in [0, 0.1) is 11.7 Å². The van der Waals surface area contributed by atoms with Gasteiger partial charge in [0.2, 0.25) is 5.91 Å². The number of aryl methyl sites for hydroxylation is 1. The highest BCUT2D eigenvalue weighted by Gasteiger charge is 2.29. The number of aromatic nitrogens is 2. The maximum atomic E-state index is 14.5. The van der Waals surface area contributed by atoms with Crippen molar-refractivity contribution in [3.8, 4) is 11.1 Å². The summed E-state index contributed by atoms with van der Waals surface area (Å²) in [4.78, 5) is 32.4. The van der Waals surface area contributed by atoms with Gasteiger partial charge >= 0.3 is 5.97 Å². The van der Waals surface area contributed by atoms with E-state index in [1.54, 1.807) is 20.1 Å². The lowest BCUT2D eigenvalue weighted by Crippen LogP contribution is -2.40. The van der Waals surface area contributed by atoms with Gasteiger partial charge in [0.05, 0.1) is 23.2 Å². The number of piperidine rings is 1. The highest BCUT2D eigenvalue weighted by Crippen LogP contribution is 2.31. The predicted octanol–water partition coefficient (Wildman–Crippen LogP) is 7.03. The second kappa shape index (κ2) is 14.6. The van der Waals surface area contributed by atoms with Crippen molar-refractivity contribution in [3.05, 3.63) is 89.5 Å². The molecule has 4 aromatic rings. The number of hydrogen-bond donors (Lipinski definition) is 0. The molecular weight excluding hydrogens is 557 g/mol. The van der Waals surface area contributed by atoms with Crippen molar-refractivity contribution >= 4 is 22.9 Å². The summed E-state index contributed by atoms with van der Waals surface area (Å²) in [6.45, 7) is 7.03. The third-order valence-corrected chi connectivity index (χ3v) is 8.41. The second-order valence-electron chi connectivity index (χ2n) is 11.8. The molecule has 1 fully saturated rings. The summed E-state index contributed by atoms with van der Waals surface area (Å²) >= 11 is 0. The Labute approximate surface area is 259 Å². The van der Waals surface area contributed by atoms with E-state index in [0.717, 1.165) is 66.8 Å². The average Bonchev–Trinajstić information content (AvgIpc) is 3.40. The number of carbonyl (C=O) groups excluding carboxylic acids is 2. The fourth-order valence-corrected chi connectivity index (χ4v) is 6.23. The van der Waals surface area contributed by atoms with Gasteiger partial charge in [0.15, 0.2) is 0 Å². The highest BCUT2D eigenvalue weighted by molar-refractivity contribution is 5.90. The number of benzene rings is 3. The smallest absolute Gasteiger partial charge is 0.341 e. The van der Waals surface area contributed by atoms with Gasteiger partial charge < -0.3 is 18.9 Å². The SMILES string of the molecule is CCOC(=O)c1ccc(-c2ccc(C[C@@H](C)CC(=O)N3CCC[C@@H](c4nc5ccccc5n4CCCOC)C3)cc2)cc1F. The van der Waals surface area contributed by atoms with Crippen molar-refractivity contribution in [3.63, 3.8) is 0 Å². The fraction of sp³-hybridized carbons (Fsp3) is 0.417. The molecule has 1 aliphatic heterocycles. The summed E-state index contributed by atoms with van der Waals surface area (Å²) in [5, 5.41) is 0. The molecule has 1 aromatic heterocycles. The molecule has 8 heteroatoms. The standard InChI is InChI=1S/C36H42FN3O4/c1-4-44-36(42)30-17-16-28(23-31(30)37)27-14-12-26(13-15-27)21-25(2)22-34(41)39-18-7-9-29(24-39)35-38-32-10-5-6-11-33(32)40(35)19-8-20-43-3/h5-6,10-17,23,25,29H,4,7-9,18-22,24H2,1-3H3/t25-,29-/m1/s1. The molecule has 0 bridgehead atoms. The molecule has 2 heterocycles. The van der Waals surface area contributed by atoms with E-state index < -0.39 is 11.8 Å². The maximum absolute atomic E-state index is 14.5. The molecular formula is C36H42FN3O4. The number of hydrogen-bond acceptors (Lipinski definition) is 5. The molecule has 44 heavy (non-hydrogen) atoms. The van der Waals surface area contributed by atoms with Crippen LogP contribution in [-0.4, -0.2) is 59.7 Å². The van der Waals surface area contributed by atoms with Gasteiger partial charge in [-0.3, -0.25) is 4.79 Å². The monoisotopic (exact) mass is 599 g/mol. The molecule has 3 aromatic carbocycles. The Morgan fingerprint density at radius 2 is 1.84 bits per heavy atom. The van der Waals surface area contributed by atoms with Crippen LogP contribution < -0.4 is 0 Å². The van der Waals surface area contributed by atoms with Crippen LogP contribution in [0.15, 0.2) is 66.7 Å². The first kappa shape index (κ1) is 31.4. The van der Waals surface area contributed by atoms with Crippen molar-refractivity contribution in [2.45, 2.75) is 58.4 Å². The normalized spacial score (nSPS) is 15.8. The van der Waals surface area contributed by atoms with Gasteiger partial charge in [-0.25, -0.2) is 14.2 Å². The molecule has 0 saturated carbocycles. The van der Waals surface area contributed by atoms with Crippen molar-refractivity contribution < 1.29 is 23.5 Å². The molecule has 1 saturated heterocycles. The number of carbonyl (C=O) groups is 2. The van der Waals surface area contributed by atoms with Crippen LogP contribution >= 0.6 is 0 Å². The number of likely N-dealkylation sites (tertiary alicyclic amines) is 1. The lowest BCUT2D eigenvalue weighted by atomic mass is 9.93. The number of ether oxygens (including phenoxy) is 2. The minimum absolute atomic E-state index is 0.0635. The molecule has 0 aliphatic carbocycles. The summed E-state index contributed by atoms with van der Waals surface area (Å²) in [5.74, 6) is 0.394. The van der Waals surface area contributed by atoms with Gasteiger partial charge in [-0.05, 0) is 79.5 Å². The molecule has 5 rings (SSSR count). The van der Waals surface area contributed by atoms with Crippen molar-refractivity contribution in [2.24, 2.45) is 5.92 Å².